The molecule has 1 aliphatic heterocycles. The first kappa shape index (κ1) is 22.3. The number of likely N-dealkylation sites (tertiary alicyclic amines) is 1. The highest BCUT2D eigenvalue weighted by Gasteiger charge is 2.46. The van der Waals surface area contributed by atoms with E-state index in [1.165, 1.54) is 24.7 Å². The van der Waals surface area contributed by atoms with Crippen LogP contribution in [0.25, 0.3) is 11.1 Å². The first-order valence-corrected chi connectivity index (χ1v) is 10.8. The first-order chi connectivity index (χ1) is 16.0. The molecule has 0 radical (unpaired) electrons. The average molecular weight is 445 g/mol. The van der Waals surface area contributed by atoms with Crippen molar-refractivity contribution in [2.75, 3.05) is 19.6 Å². The molecule has 0 bridgehead atoms. The fourth-order valence-corrected chi connectivity index (χ4v) is 4.36. The van der Waals surface area contributed by atoms with Crippen molar-refractivity contribution in [3.05, 3.63) is 96.9 Å². The standard InChI is InChI=1S/C26H25FN4O2/c1-2-12-30-25(33)26(11-15-31(18-26)24(32)23-17-28-13-14-29-23)16-19-7-3-4-8-20(19)21-9-5-6-10-22(21)27/h2-10,13-14,17H,1,11-12,15-16,18H2,(H,30,33)/t26-/m0/s1. The minimum atomic E-state index is -0.859. The summed E-state index contributed by atoms with van der Waals surface area (Å²) in [6, 6.07) is 14.1. The third-order valence-electron chi connectivity index (χ3n) is 6.02. The number of carbonyl (C=O) groups excluding carboxylic acids is 2. The Balaban J connectivity index is 1.67. The molecule has 2 aromatic carbocycles. The predicted molar refractivity (Wildman–Crippen MR) is 124 cm³/mol. The Kier molecular flexibility index (Phi) is 6.58. The molecule has 1 aliphatic rings. The summed E-state index contributed by atoms with van der Waals surface area (Å²) in [7, 11) is 0. The molecule has 0 spiro atoms. The minimum absolute atomic E-state index is 0.153. The molecule has 7 heteroatoms. The molecule has 0 unspecified atom stereocenters. The average Bonchev–Trinajstić information content (AvgIpc) is 3.28. The van der Waals surface area contributed by atoms with Crippen LogP contribution in [0.3, 0.4) is 0 Å². The molecule has 2 amide bonds. The van der Waals surface area contributed by atoms with Gasteiger partial charge >= 0.3 is 0 Å². The molecular weight excluding hydrogens is 419 g/mol. The molecule has 4 rings (SSSR count). The van der Waals surface area contributed by atoms with Gasteiger partial charge in [0.2, 0.25) is 5.91 Å². The lowest BCUT2D eigenvalue weighted by Gasteiger charge is -2.29. The molecule has 2 heterocycles. The quantitative estimate of drug-likeness (QED) is 0.565. The summed E-state index contributed by atoms with van der Waals surface area (Å²) in [6.07, 6.45) is 6.87. The lowest BCUT2D eigenvalue weighted by molar-refractivity contribution is -0.130. The van der Waals surface area contributed by atoms with Crippen molar-refractivity contribution < 1.29 is 14.0 Å². The van der Waals surface area contributed by atoms with Gasteiger partial charge in [0.15, 0.2) is 0 Å². The van der Waals surface area contributed by atoms with E-state index < -0.39 is 5.41 Å². The second kappa shape index (κ2) is 9.73. The van der Waals surface area contributed by atoms with Crippen LogP contribution in [0.1, 0.15) is 22.5 Å². The Bertz CT molecular complexity index is 1170. The molecule has 33 heavy (non-hydrogen) atoms. The van der Waals surface area contributed by atoms with Crippen LogP contribution in [0, 0.1) is 11.2 Å². The van der Waals surface area contributed by atoms with E-state index in [2.05, 4.69) is 21.9 Å². The molecule has 1 aromatic heterocycles. The van der Waals surface area contributed by atoms with Gasteiger partial charge < -0.3 is 10.2 Å². The maximum Gasteiger partial charge on any atom is 0.274 e. The van der Waals surface area contributed by atoms with E-state index in [0.717, 1.165) is 11.1 Å². The topological polar surface area (TPSA) is 75.2 Å². The molecule has 0 saturated carbocycles. The summed E-state index contributed by atoms with van der Waals surface area (Å²) >= 11 is 0. The van der Waals surface area contributed by atoms with E-state index in [4.69, 9.17) is 0 Å². The van der Waals surface area contributed by atoms with Crippen molar-refractivity contribution >= 4 is 11.8 Å². The molecular formula is C26H25FN4O2. The zero-order valence-corrected chi connectivity index (χ0v) is 18.2. The largest absolute Gasteiger partial charge is 0.352 e. The third-order valence-corrected chi connectivity index (χ3v) is 6.02. The van der Waals surface area contributed by atoms with Gasteiger partial charge in [-0.25, -0.2) is 9.37 Å². The van der Waals surface area contributed by atoms with Crippen LogP contribution in [0.4, 0.5) is 4.39 Å². The monoisotopic (exact) mass is 444 g/mol. The van der Waals surface area contributed by atoms with Crippen LogP contribution in [0.15, 0.2) is 79.8 Å². The summed E-state index contributed by atoms with van der Waals surface area (Å²) < 4.78 is 14.6. The van der Waals surface area contributed by atoms with Crippen LogP contribution in [0.2, 0.25) is 0 Å². The highest BCUT2D eigenvalue weighted by Crippen LogP contribution is 2.38. The van der Waals surface area contributed by atoms with Crippen molar-refractivity contribution in [1.29, 1.82) is 0 Å². The fourth-order valence-electron chi connectivity index (χ4n) is 4.36. The van der Waals surface area contributed by atoms with Crippen molar-refractivity contribution in [2.24, 2.45) is 5.41 Å². The fraction of sp³-hybridized carbons (Fsp3) is 0.231. The van der Waals surface area contributed by atoms with E-state index in [1.54, 1.807) is 29.2 Å². The number of rotatable bonds is 7. The van der Waals surface area contributed by atoms with Crippen LogP contribution < -0.4 is 5.32 Å². The number of hydrogen-bond donors (Lipinski definition) is 1. The highest BCUT2D eigenvalue weighted by atomic mass is 19.1. The van der Waals surface area contributed by atoms with Gasteiger partial charge in [0, 0.05) is 37.6 Å². The number of aromatic nitrogens is 2. The number of nitrogens with zero attached hydrogens (tertiary/aromatic N) is 3. The van der Waals surface area contributed by atoms with Gasteiger partial charge in [-0.2, -0.15) is 0 Å². The van der Waals surface area contributed by atoms with Gasteiger partial charge in [-0.15, -0.1) is 6.58 Å². The van der Waals surface area contributed by atoms with Crippen molar-refractivity contribution in [3.63, 3.8) is 0 Å². The predicted octanol–water partition coefficient (Wildman–Crippen LogP) is 3.66. The van der Waals surface area contributed by atoms with E-state index in [9.17, 15) is 14.0 Å². The van der Waals surface area contributed by atoms with Gasteiger partial charge in [-0.05, 0) is 30.0 Å². The lowest BCUT2D eigenvalue weighted by Crippen LogP contribution is -2.45. The van der Waals surface area contributed by atoms with E-state index in [1.807, 2.05) is 24.3 Å². The van der Waals surface area contributed by atoms with Gasteiger partial charge in [0.05, 0.1) is 11.6 Å². The van der Waals surface area contributed by atoms with Crippen molar-refractivity contribution in [1.82, 2.24) is 20.2 Å². The molecule has 0 aliphatic carbocycles. The van der Waals surface area contributed by atoms with Gasteiger partial charge in [0.25, 0.3) is 5.91 Å². The molecule has 3 aromatic rings. The maximum absolute atomic E-state index is 14.6. The van der Waals surface area contributed by atoms with Gasteiger partial charge in [-0.1, -0.05) is 48.5 Å². The van der Waals surface area contributed by atoms with Crippen LogP contribution in [-0.4, -0.2) is 46.3 Å². The molecule has 1 fully saturated rings. The van der Waals surface area contributed by atoms with Crippen LogP contribution in [-0.2, 0) is 11.2 Å². The van der Waals surface area contributed by atoms with Crippen LogP contribution >= 0.6 is 0 Å². The Hall–Kier alpha value is -3.87. The van der Waals surface area contributed by atoms with Crippen molar-refractivity contribution in [2.45, 2.75) is 12.8 Å². The number of carbonyl (C=O) groups is 2. The van der Waals surface area contributed by atoms with Gasteiger partial charge in [-0.3, -0.25) is 14.6 Å². The van der Waals surface area contributed by atoms with Gasteiger partial charge in [0.1, 0.15) is 11.5 Å². The Labute approximate surface area is 192 Å². The van der Waals surface area contributed by atoms with E-state index in [0.29, 0.717) is 31.5 Å². The second-order valence-corrected chi connectivity index (χ2v) is 8.16. The third kappa shape index (κ3) is 4.67. The molecule has 1 saturated heterocycles. The van der Waals surface area contributed by atoms with Crippen LogP contribution in [0.5, 0.6) is 0 Å². The number of hydrogen-bond acceptors (Lipinski definition) is 4. The molecule has 1 N–H and O–H groups in total. The second-order valence-electron chi connectivity index (χ2n) is 8.16. The summed E-state index contributed by atoms with van der Waals surface area (Å²) in [5.74, 6) is -0.731. The van der Waals surface area contributed by atoms with E-state index >= 15 is 0 Å². The normalized spacial score (nSPS) is 17.5. The summed E-state index contributed by atoms with van der Waals surface area (Å²) in [4.78, 5) is 36.1. The Morgan fingerprint density at radius 1 is 1.12 bits per heavy atom. The highest BCUT2D eigenvalue weighted by molar-refractivity contribution is 5.93. The number of benzene rings is 2. The molecule has 1 atom stereocenters. The van der Waals surface area contributed by atoms with E-state index in [-0.39, 0.29) is 29.9 Å². The summed E-state index contributed by atoms with van der Waals surface area (Å²) in [5, 5.41) is 2.91. The zero-order valence-electron chi connectivity index (χ0n) is 18.2. The zero-order chi connectivity index (χ0) is 23.3. The van der Waals surface area contributed by atoms with Crippen molar-refractivity contribution in [3.8, 4) is 11.1 Å². The minimum Gasteiger partial charge on any atom is -0.352 e. The Morgan fingerprint density at radius 2 is 1.88 bits per heavy atom. The summed E-state index contributed by atoms with van der Waals surface area (Å²) in [6.45, 7) is 4.65. The number of nitrogens with one attached hydrogen (secondary N) is 1. The number of amides is 2. The maximum atomic E-state index is 14.6. The lowest BCUT2D eigenvalue weighted by atomic mass is 9.78. The first-order valence-electron chi connectivity index (χ1n) is 10.8. The molecule has 6 nitrogen and oxygen atoms in total. The molecule has 168 valence electrons. The SMILES string of the molecule is C=CCNC(=O)[C@]1(Cc2ccccc2-c2ccccc2F)CCN(C(=O)c2cnccn2)C1. The summed E-state index contributed by atoms with van der Waals surface area (Å²) in [5.41, 5.74) is 1.46. The number of halogens is 1. The Morgan fingerprint density at radius 3 is 2.61 bits per heavy atom. The smallest absolute Gasteiger partial charge is 0.274 e.